The van der Waals surface area contributed by atoms with E-state index in [0.29, 0.717) is 0 Å². The summed E-state index contributed by atoms with van der Waals surface area (Å²) in [7, 11) is 2.16. The number of nitrogens with zero attached hydrogens (tertiary/aromatic N) is 1. The fourth-order valence-corrected chi connectivity index (χ4v) is 3.35. The number of piperidine rings is 1. The Morgan fingerprint density at radius 1 is 1.24 bits per heavy atom. The number of rotatable bonds is 0. The first-order valence-electron chi connectivity index (χ1n) is 7.75. The topological polar surface area (TPSA) is 24.5 Å². The summed E-state index contributed by atoms with van der Waals surface area (Å²) in [4.78, 5) is 2.34. The molecule has 0 saturated carbocycles. The van der Waals surface area contributed by atoms with Gasteiger partial charge >= 0.3 is 0 Å². The van der Waals surface area contributed by atoms with Gasteiger partial charge in [0.2, 0.25) is 0 Å². The fourth-order valence-electron chi connectivity index (χ4n) is 3.08. The van der Waals surface area contributed by atoms with E-state index in [2.05, 4.69) is 50.2 Å². The maximum atomic E-state index is 6.52. The SMILES string of the molecule is CN1CCC2(CC1)NCc1cc(C(C)(C)C)cc(Cl)c1O2. The highest BCUT2D eigenvalue weighted by Crippen LogP contribution is 2.40. The van der Waals surface area contributed by atoms with Crippen LogP contribution in [0, 0.1) is 0 Å². The van der Waals surface area contributed by atoms with Crippen LogP contribution >= 0.6 is 11.6 Å². The number of benzene rings is 1. The summed E-state index contributed by atoms with van der Waals surface area (Å²) in [6.45, 7) is 9.57. The van der Waals surface area contributed by atoms with Gasteiger partial charge in [0.15, 0.2) is 5.72 Å². The number of hydrogen-bond acceptors (Lipinski definition) is 3. The van der Waals surface area contributed by atoms with Gasteiger partial charge in [-0.2, -0.15) is 0 Å². The van der Waals surface area contributed by atoms with Crippen LogP contribution in [0.3, 0.4) is 0 Å². The molecule has 3 nitrogen and oxygen atoms in total. The number of ether oxygens (including phenoxy) is 1. The molecule has 1 saturated heterocycles. The van der Waals surface area contributed by atoms with Crippen molar-refractivity contribution in [2.24, 2.45) is 0 Å². The van der Waals surface area contributed by atoms with E-state index in [9.17, 15) is 0 Å². The molecule has 2 aliphatic rings. The minimum absolute atomic E-state index is 0.0986. The van der Waals surface area contributed by atoms with Crippen LogP contribution in [0.4, 0.5) is 0 Å². The number of nitrogens with one attached hydrogen (secondary N) is 1. The molecule has 2 heterocycles. The Morgan fingerprint density at radius 2 is 1.90 bits per heavy atom. The van der Waals surface area contributed by atoms with Crippen molar-refractivity contribution in [1.29, 1.82) is 0 Å². The van der Waals surface area contributed by atoms with Crippen LogP contribution < -0.4 is 10.1 Å². The first-order valence-corrected chi connectivity index (χ1v) is 8.12. The van der Waals surface area contributed by atoms with Crippen LogP contribution in [-0.4, -0.2) is 30.8 Å². The van der Waals surface area contributed by atoms with Gasteiger partial charge in [-0.05, 0) is 24.1 Å². The second kappa shape index (κ2) is 5.15. The van der Waals surface area contributed by atoms with Crippen molar-refractivity contribution in [1.82, 2.24) is 10.2 Å². The molecule has 1 fully saturated rings. The summed E-state index contributed by atoms with van der Waals surface area (Å²) < 4.78 is 6.34. The average Bonchev–Trinajstić information content (AvgIpc) is 2.42. The molecule has 2 aliphatic heterocycles. The van der Waals surface area contributed by atoms with Gasteiger partial charge in [-0.25, -0.2) is 0 Å². The number of fused-ring (bicyclic) bond motifs is 1. The molecule has 0 aromatic heterocycles. The van der Waals surface area contributed by atoms with E-state index in [1.807, 2.05) is 0 Å². The van der Waals surface area contributed by atoms with Crippen LogP contribution in [-0.2, 0) is 12.0 Å². The second-order valence-corrected chi connectivity index (χ2v) is 7.86. The third-order valence-electron chi connectivity index (χ3n) is 4.68. The lowest BCUT2D eigenvalue weighted by molar-refractivity contribution is -0.0336. The molecule has 1 spiro atoms. The minimum Gasteiger partial charge on any atom is -0.471 e. The largest absolute Gasteiger partial charge is 0.471 e. The number of hydrogen-bond donors (Lipinski definition) is 1. The highest BCUT2D eigenvalue weighted by atomic mass is 35.5. The van der Waals surface area contributed by atoms with Crippen molar-refractivity contribution >= 4 is 11.6 Å². The van der Waals surface area contributed by atoms with Gasteiger partial charge in [-0.1, -0.05) is 38.4 Å². The Morgan fingerprint density at radius 3 is 2.52 bits per heavy atom. The third kappa shape index (κ3) is 2.92. The maximum Gasteiger partial charge on any atom is 0.163 e. The Bertz CT molecular complexity index is 542. The molecule has 1 N–H and O–H groups in total. The van der Waals surface area contributed by atoms with E-state index in [-0.39, 0.29) is 11.1 Å². The van der Waals surface area contributed by atoms with Crippen LogP contribution in [0.5, 0.6) is 5.75 Å². The molecule has 0 amide bonds. The van der Waals surface area contributed by atoms with Crippen molar-refractivity contribution in [3.8, 4) is 5.75 Å². The smallest absolute Gasteiger partial charge is 0.163 e. The summed E-state index contributed by atoms with van der Waals surface area (Å²) in [6, 6.07) is 4.30. The predicted molar refractivity (Wildman–Crippen MR) is 87.1 cm³/mol. The fraction of sp³-hybridized carbons (Fsp3) is 0.647. The van der Waals surface area contributed by atoms with E-state index in [1.165, 1.54) is 11.1 Å². The average molecular weight is 309 g/mol. The van der Waals surface area contributed by atoms with E-state index < -0.39 is 0 Å². The molecule has 116 valence electrons. The quantitative estimate of drug-likeness (QED) is 0.793. The molecular weight excluding hydrogens is 284 g/mol. The monoisotopic (exact) mass is 308 g/mol. The normalized spacial score (nSPS) is 22.0. The number of halogens is 1. The first-order chi connectivity index (χ1) is 9.79. The van der Waals surface area contributed by atoms with Crippen LogP contribution in [0.25, 0.3) is 0 Å². The van der Waals surface area contributed by atoms with E-state index in [1.54, 1.807) is 0 Å². The zero-order valence-electron chi connectivity index (χ0n) is 13.4. The summed E-state index contributed by atoms with van der Waals surface area (Å²) in [5, 5.41) is 4.36. The lowest BCUT2D eigenvalue weighted by Gasteiger charge is -2.44. The summed E-state index contributed by atoms with van der Waals surface area (Å²) in [5.41, 5.74) is 2.31. The van der Waals surface area contributed by atoms with Crippen LogP contribution in [0.15, 0.2) is 12.1 Å². The van der Waals surface area contributed by atoms with Gasteiger partial charge in [-0.3, -0.25) is 5.32 Å². The molecule has 0 radical (unpaired) electrons. The Balaban J connectivity index is 1.90. The molecule has 21 heavy (non-hydrogen) atoms. The summed E-state index contributed by atoms with van der Waals surface area (Å²) in [5.74, 6) is 0.882. The summed E-state index contributed by atoms with van der Waals surface area (Å²) >= 11 is 6.52. The Labute approximate surface area is 132 Å². The van der Waals surface area contributed by atoms with Gasteiger partial charge in [0.25, 0.3) is 0 Å². The van der Waals surface area contributed by atoms with E-state index >= 15 is 0 Å². The molecule has 3 rings (SSSR count). The molecule has 1 aromatic carbocycles. The van der Waals surface area contributed by atoms with Crippen molar-refractivity contribution in [2.45, 2.75) is 51.3 Å². The van der Waals surface area contributed by atoms with Crippen LogP contribution in [0.1, 0.15) is 44.7 Å². The second-order valence-electron chi connectivity index (χ2n) is 7.45. The molecule has 1 aromatic rings. The molecular formula is C17H25ClN2O. The highest BCUT2D eigenvalue weighted by Gasteiger charge is 2.39. The van der Waals surface area contributed by atoms with Crippen molar-refractivity contribution in [2.75, 3.05) is 20.1 Å². The number of likely N-dealkylation sites (tertiary alicyclic amines) is 1. The maximum absolute atomic E-state index is 6.52. The lowest BCUT2D eigenvalue weighted by Crippen LogP contribution is -2.58. The Hall–Kier alpha value is -0.770. The molecule has 0 bridgehead atoms. The molecule has 4 heteroatoms. The Kier molecular flexibility index (Phi) is 3.71. The van der Waals surface area contributed by atoms with Gasteiger partial charge < -0.3 is 9.64 Å². The predicted octanol–water partition coefficient (Wildman–Crippen LogP) is 3.54. The third-order valence-corrected chi connectivity index (χ3v) is 4.96. The van der Waals surface area contributed by atoms with Gasteiger partial charge in [0, 0.05) is 38.0 Å². The lowest BCUT2D eigenvalue weighted by atomic mass is 9.85. The highest BCUT2D eigenvalue weighted by molar-refractivity contribution is 6.32. The molecule has 0 aliphatic carbocycles. The van der Waals surface area contributed by atoms with Crippen molar-refractivity contribution in [3.63, 3.8) is 0 Å². The van der Waals surface area contributed by atoms with Crippen molar-refractivity contribution in [3.05, 3.63) is 28.3 Å². The van der Waals surface area contributed by atoms with E-state index in [0.717, 1.165) is 43.2 Å². The van der Waals surface area contributed by atoms with Gasteiger partial charge in [-0.15, -0.1) is 0 Å². The van der Waals surface area contributed by atoms with Crippen molar-refractivity contribution < 1.29 is 4.74 Å². The first kappa shape index (κ1) is 15.1. The minimum atomic E-state index is -0.230. The van der Waals surface area contributed by atoms with E-state index in [4.69, 9.17) is 16.3 Å². The van der Waals surface area contributed by atoms with Crippen LogP contribution in [0.2, 0.25) is 5.02 Å². The zero-order valence-corrected chi connectivity index (χ0v) is 14.2. The molecule has 0 unspecified atom stereocenters. The standard InChI is InChI=1S/C17H25ClN2O/c1-16(2,3)13-9-12-11-19-17(5-7-20(4)8-6-17)21-15(12)14(18)10-13/h9-10,19H,5-8,11H2,1-4H3. The zero-order chi connectivity index (χ0) is 15.3. The van der Waals surface area contributed by atoms with Gasteiger partial charge in [0.1, 0.15) is 5.75 Å². The van der Waals surface area contributed by atoms with Gasteiger partial charge in [0.05, 0.1) is 5.02 Å². The summed E-state index contributed by atoms with van der Waals surface area (Å²) in [6.07, 6.45) is 2.00. The molecule has 0 atom stereocenters.